The Morgan fingerprint density at radius 2 is 2.07 bits per heavy atom. The average molecular weight is 198 g/mol. The fourth-order valence-corrected chi connectivity index (χ4v) is 2.94. The van der Waals surface area contributed by atoms with Crippen LogP contribution in [-0.2, 0) is 0 Å². The van der Waals surface area contributed by atoms with E-state index in [1.165, 1.54) is 32.1 Å². The van der Waals surface area contributed by atoms with Gasteiger partial charge < -0.3 is 10.8 Å². The van der Waals surface area contributed by atoms with Crippen LogP contribution in [0.1, 0.15) is 32.1 Å². The maximum absolute atomic E-state index is 9.20. The van der Waals surface area contributed by atoms with Gasteiger partial charge in [-0.1, -0.05) is 6.42 Å². The first-order valence-corrected chi connectivity index (χ1v) is 5.91. The molecule has 0 amide bonds. The molecule has 1 heterocycles. The molecule has 0 aromatic carbocycles. The lowest BCUT2D eigenvalue weighted by Crippen LogP contribution is -2.40. The van der Waals surface area contributed by atoms with Crippen LogP contribution in [0, 0.1) is 5.92 Å². The number of rotatable bonds is 3. The van der Waals surface area contributed by atoms with Crippen molar-refractivity contribution in [3.63, 3.8) is 0 Å². The predicted molar refractivity (Wildman–Crippen MR) is 57.0 cm³/mol. The third-order valence-electron chi connectivity index (χ3n) is 3.90. The summed E-state index contributed by atoms with van der Waals surface area (Å²) in [5.41, 5.74) is 6.05. The van der Waals surface area contributed by atoms with Gasteiger partial charge >= 0.3 is 0 Å². The summed E-state index contributed by atoms with van der Waals surface area (Å²) in [5.74, 6) is 0.683. The van der Waals surface area contributed by atoms with Gasteiger partial charge in [-0.3, -0.25) is 4.90 Å². The molecule has 3 nitrogen and oxygen atoms in total. The van der Waals surface area contributed by atoms with Crippen molar-refractivity contribution in [2.24, 2.45) is 11.7 Å². The number of aliphatic hydroxyl groups excluding tert-OH is 1. The number of hydrogen-bond acceptors (Lipinski definition) is 3. The molecule has 2 rings (SSSR count). The molecule has 1 saturated carbocycles. The molecular weight excluding hydrogens is 176 g/mol. The Hall–Kier alpha value is -0.120. The lowest BCUT2D eigenvalue weighted by atomic mass is 10.0. The average Bonchev–Trinajstić information content (AvgIpc) is 2.77. The fourth-order valence-electron chi connectivity index (χ4n) is 2.94. The summed E-state index contributed by atoms with van der Waals surface area (Å²) in [5, 5.41) is 9.20. The summed E-state index contributed by atoms with van der Waals surface area (Å²) in [6.45, 7) is 2.60. The third kappa shape index (κ3) is 2.10. The van der Waals surface area contributed by atoms with Crippen molar-refractivity contribution in [2.75, 3.05) is 19.7 Å². The maximum Gasteiger partial charge on any atom is 0.0586 e. The van der Waals surface area contributed by atoms with Crippen molar-refractivity contribution in [1.82, 2.24) is 4.90 Å². The highest BCUT2D eigenvalue weighted by Gasteiger charge is 2.30. The molecule has 0 bridgehead atoms. The lowest BCUT2D eigenvalue weighted by molar-refractivity contribution is 0.139. The van der Waals surface area contributed by atoms with Crippen LogP contribution in [0.2, 0.25) is 0 Å². The van der Waals surface area contributed by atoms with E-state index in [9.17, 15) is 5.11 Å². The summed E-state index contributed by atoms with van der Waals surface area (Å²) in [7, 11) is 0. The van der Waals surface area contributed by atoms with Gasteiger partial charge in [0, 0.05) is 18.6 Å². The van der Waals surface area contributed by atoms with Crippen LogP contribution >= 0.6 is 0 Å². The van der Waals surface area contributed by atoms with Crippen molar-refractivity contribution >= 4 is 0 Å². The monoisotopic (exact) mass is 198 g/mol. The van der Waals surface area contributed by atoms with Crippen molar-refractivity contribution in [3.05, 3.63) is 0 Å². The van der Waals surface area contributed by atoms with Gasteiger partial charge in [0.25, 0.3) is 0 Å². The minimum atomic E-state index is 0.321. The minimum Gasteiger partial charge on any atom is -0.395 e. The molecule has 2 aliphatic rings. The molecule has 2 fully saturated rings. The number of hydrogen-bond donors (Lipinski definition) is 2. The van der Waals surface area contributed by atoms with Gasteiger partial charge in [-0.2, -0.15) is 0 Å². The summed E-state index contributed by atoms with van der Waals surface area (Å²) < 4.78 is 0. The molecule has 0 aromatic rings. The zero-order valence-electron chi connectivity index (χ0n) is 8.86. The second-order valence-electron chi connectivity index (χ2n) is 4.83. The normalized spacial score (nSPS) is 39.4. The first-order valence-electron chi connectivity index (χ1n) is 5.91. The molecule has 0 aromatic heterocycles. The largest absolute Gasteiger partial charge is 0.395 e. The predicted octanol–water partition coefficient (Wildman–Crippen LogP) is 0.570. The van der Waals surface area contributed by atoms with Crippen LogP contribution in [-0.4, -0.2) is 41.8 Å². The molecule has 3 N–H and O–H groups in total. The zero-order valence-corrected chi connectivity index (χ0v) is 8.86. The molecule has 1 saturated heterocycles. The van der Waals surface area contributed by atoms with Crippen LogP contribution < -0.4 is 5.73 Å². The van der Waals surface area contributed by atoms with Crippen LogP contribution in [0.5, 0.6) is 0 Å². The van der Waals surface area contributed by atoms with E-state index in [1.54, 1.807) is 0 Å². The van der Waals surface area contributed by atoms with Gasteiger partial charge in [-0.25, -0.2) is 0 Å². The second kappa shape index (κ2) is 4.60. The third-order valence-corrected chi connectivity index (χ3v) is 3.90. The van der Waals surface area contributed by atoms with Crippen LogP contribution in [0.4, 0.5) is 0 Å². The van der Waals surface area contributed by atoms with Crippen LogP contribution in [0.25, 0.3) is 0 Å². The standard InChI is InChI=1S/C11H22N2O/c12-11-5-1-3-9(11)7-13-6-2-4-10(13)8-14/h9-11,14H,1-8,12H2. The van der Waals surface area contributed by atoms with Crippen molar-refractivity contribution in [2.45, 2.75) is 44.2 Å². The first kappa shape index (κ1) is 10.4. The van der Waals surface area contributed by atoms with E-state index in [2.05, 4.69) is 4.90 Å². The topological polar surface area (TPSA) is 49.5 Å². The van der Waals surface area contributed by atoms with Gasteiger partial charge in [0.15, 0.2) is 0 Å². The van der Waals surface area contributed by atoms with E-state index in [1.807, 2.05) is 0 Å². The van der Waals surface area contributed by atoms with E-state index in [0.717, 1.165) is 13.1 Å². The van der Waals surface area contributed by atoms with Gasteiger partial charge in [0.1, 0.15) is 0 Å². The maximum atomic E-state index is 9.20. The quantitative estimate of drug-likeness (QED) is 0.697. The van der Waals surface area contributed by atoms with E-state index in [4.69, 9.17) is 5.73 Å². The zero-order chi connectivity index (χ0) is 9.97. The van der Waals surface area contributed by atoms with Gasteiger partial charge in [0.05, 0.1) is 6.61 Å². The summed E-state index contributed by atoms with van der Waals surface area (Å²) in [6, 6.07) is 0.831. The number of nitrogens with zero attached hydrogens (tertiary/aromatic N) is 1. The second-order valence-corrected chi connectivity index (χ2v) is 4.83. The van der Waals surface area contributed by atoms with Gasteiger partial charge in [-0.05, 0) is 38.1 Å². The highest BCUT2D eigenvalue weighted by atomic mass is 16.3. The number of aliphatic hydroxyl groups is 1. The molecule has 1 aliphatic carbocycles. The lowest BCUT2D eigenvalue weighted by Gasteiger charge is -2.27. The van der Waals surface area contributed by atoms with E-state index < -0.39 is 0 Å². The summed E-state index contributed by atoms with van der Waals surface area (Å²) in [4.78, 5) is 2.44. The van der Waals surface area contributed by atoms with Crippen LogP contribution in [0.15, 0.2) is 0 Å². The Kier molecular flexibility index (Phi) is 3.42. The van der Waals surface area contributed by atoms with Gasteiger partial charge in [-0.15, -0.1) is 0 Å². The van der Waals surface area contributed by atoms with Crippen molar-refractivity contribution in [3.8, 4) is 0 Å². The van der Waals surface area contributed by atoms with Gasteiger partial charge in [0.2, 0.25) is 0 Å². The minimum absolute atomic E-state index is 0.321. The first-order chi connectivity index (χ1) is 6.81. The van der Waals surface area contributed by atoms with Crippen LogP contribution in [0.3, 0.4) is 0 Å². The molecule has 0 radical (unpaired) electrons. The Morgan fingerprint density at radius 1 is 1.21 bits per heavy atom. The highest BCUT2D eigenvalue weighted by Crippen LogP contribution is 2.27. The molecule has 0 spiro atoms. The Bertz CT molecular complexity index is 186. The Morgan fingerprint density at radius 3 is 2.71 bits per heavy atom. The highest BCUT2D eigenvalue weighted by molar-refractivity contribution is 4.86. The molecule has 3 heteroatoms. The molecule has 14 heavy (non-hydrogen) atoms. The molecule has 3 atom stereocenters. The Balaban J connectivity index is 1.83. The van der Waals surface area contributed by atoms with E-state index in [-0.39, 0.29) is 0 Å². The molecule has 3 unspecified atom stereocenters. The van der Waals surface area contributed by atoms with Crippen molar-refractivity contribution in [1.29, 1.82) is 0 Å². The molecule has 82 valence electrons. The Labute approximate surface area is 86.3 Å². The van der Waals surface area contributed by atoms with Crippen molar-refractivity contribution < 1.29 is 5.11 Å². The smallest absolute Gasteiger partial charge is 0.0586 e. The fraction of sp³-hybridized carbons (Fsp3) is 1.00. The van der Waals surface area contributed by atoms with E-state index >= 15 is 0 Å². The molecule has 1 aliphatic heterocycles. The SMILES string of the molecule is NC1CCCC1CN1CCCC1CO. The summed E-state index contributed by atoms with van der Waals surface area (Å²) in [6.07, 6.45) is 6.19. The van der Waals surface area contributed by atoms with E-state index in [0.29, 0.717) is 24.6 Å². The molecular formula is C11H22N2O. The summed E-state index contributed by atoms with van der Waals surface area (Å²) >= 11 is 0. The number of likely N-dealkylation sites (tertiary alicyclic amines) is 1. The number of nitrogens with two attached hydrogens (primary N) is 1.